The Labute approximate surface area is 167 Å². The summed E-state index contributed by atoms with van der Waals surface area (Å²) in [6.07, 6.45) is 7.93. The molecular formula is C22H34O6. The van der Waals surface area contributed by atoms with Crippen molar-refractivity contribution in [3.8, 4) is 11.5 Å². The van der Waals surface area contributed by atoms with Gasteiger partial charge in [-0.1, -0.05) is 51.2 Å². The zero-order valence-electron chi connectivity index (χ0n) is 16.9. The van der Waals surface area contributed by atoms with Crippen molar-refractivity contribution < 1.29 is 29.3 Å². The van der Waals surface area contributed by atoms with Crippen LogP contribution in [0.15, 0.2) is 24.3 Å². The van der Waals surface area contributed by atoms with Gasteiger partial charge >= 0.3 is 11.9 Å². The Morgan fingerprint density at radius 3 is 2.00 bits per heavy atom. The van der Waals surface area contributed by atoms with E-state index in [9.17, 15) is 14.7 Å². The molecule has 6 heteroatoms. The maximum atomic E-state index is 11.2. The van der Waals surface area contributed by atoms with Crippen LogP contribution in [0.25, 0.3) is 0 Å². The van der Waals surface area contributed by atoms with E-state index in [1.165, 1.54) is 0 Å². The number of hydrogen-bond acceptors (Lipinski definition) is 4. The van der Waals surface area contributed by atoms with Crippen LogP contribution in [0.5, 0.6) is 11.5 Å². The zero-order valence-corrected chi connectivity index (χ0v) is 16.9. The Morgan fingerprint density at radius 2 is 1.43 bits per heavy atom. The number of ether oxygens (including phenoxy) is 2. The highest BCUT2D eigenvalue weighted by atomic mass is 16.5. The van der Waals surface area contributed by atoms with E-state index < -0.39 is 11.9 Å². The van der Waals surface area contributed by atoms with Crippen molar-refractivity contribution in [3.63, 3.8) is 0 Å². The van der Waals surface area contributed by atoms with E-state index in [2.05, 4.69) is 6.92 Å². The zero-order chi connectivity index (χ0) is 20.6. The lowest BCUT2D eigenvalue weighted by Gasteiger charge is -2.13. The summed E-state index contributed by atoms with van der Waals surface area (Å²) in [5.41, 5.74) is 0. The summed E-state index contributed by atoms with van der Waals surface area (Å²) in [6.45, 7) is 3.00. The van der Waals surface area contributed by atoms with Crippen molar-refractivity contribution in [2.75, 3.05) is 13.2 Å². The summed E-state index contributed by atoms with van der Waals surface area (Å²) in [5, 5.41) is 17.9. The van der Waals surface area contributed by atoms with Crippen LogP contribution >= 0.6 is 0 Å². The molecule has 1 aromatic rings. The van der Waals surface area contributed by atoms with Gasteiger partial charge in [-0.3, -0.25) is 9.59 Å². The fraction of sp³-hybridized carbons (Fsp3) is 0.636. The van der Waals surface area contributed by atoms with Crippen LogP contribution in [0.3, 0.4) is 0 Å². The van der Waals surface area contributed by atoms with Gasteiger partial charge in [-0.05, 0) is 37.8 Å². The van der Waals surface area contributed by atoms with E-state index in [0.29, 0.717) is 31.1 Å². The van der Waals surface area contributed by atoms with Crippen molar-refractivity contribution in [2.24, 2.45) is 5.92 Å². The lowest BCUT2D eigenvalue weighted by atomic mass is 9.95. The molecule has 1 aromatic carbocycles. The Kier molecular flexibility index (Phi) is 12.6. The molecule has 0 saturated carbocycles. The minimum absolute atomic E-state index is 0.0875. The van der Waals surface area contributed by atoms with Crippen molar-refractivity contribution >= 4 is 11.9 Å². The summed E-state index contributed by atoms with van der Waals surface area (Å²) < 4.78 is 11.4. The van der Waals surface area contributed by atoms with Crippen LogP contribution in [0.2, 0.25) is 0 Å². The Hall–Kier alpha value is -2.24. The molecule has 0 saturated heterocycles. The van der Waals surface area contributed by atoms with Gasteiger partial charge in [0.05, 0.1) is 19.1 Å². The number of carboxylic acids is 2. The van der Waals surface area contributed by atoms with Gasteiger partial charge in [-0.25, -0.2) is 0 Å². The van der Waals surface area contributed by atoms with Gasteiger partial charge in [-0.2, -0.15) is 0 Å². The standard InChI is InChI=1S/C22H34O6/c1-2-3-11-18(22(25)26)12-6-4-5-9-16-27-19-13-7-8-14-20(19)28-17-10-15-21(23)24/h7-8,13-14,18H,2-6,9-12,15-17H2,1H3,(H,23,24)(H,25,26). The molecule has 0 fully saturated rings. The highest BCUT2D eigenvalue weighted by Gasteiger charge is 2.15. The third kappa shape index (κ3) is 10.8. The van der Waals surface area contributed by atoms with Crippen molar-refractivity contribution in [1.29, 1.82) is 0 Å². The van der Waals surface area contributed by atoms with E-state index in [4.69, 9.17) is 14.6 Å². The average Bonchev–Trinajstić information content (AvgIpc) is 2.67. The molecular weight excluding hydrogens is 360 g/mol. The minimum Gasteiger partial charge on any atom is -0.490 e. The number of benzene rings is 1. The number of carbonyl (C=O) groups is 2. The maximum absolute atomic E-state index is 11.2. The van der Waals surface area contributed by atoms with Gasteiger partial charge in [0.1, 0.15) is 0 Å². The molecule has 0 amide bonds. The third-order valence-electron chi connectivity index (χ3n) is 4.60. The molecule has 1 rings (SSSR count). The van der Waals surface area contributed by atoms with Crippen LogP contribution in [-0.2, 0) is 9.59 Å². The largest absolute Gasteiger partial charge is 0.490 e. The maximum Gasteiger partial charge on any atom is 0.306 e. The molecule has 28 heavy (non-hydrogen) atoms. The van der Waals surface area contributed by atoms with Crippen molar-refractivity contribution in [1.82, 2.24) is 0 Å². The fourth-order valence-electron chi connectivity index (χ4n) is 2.96. The smallest absolute Gasteiger partial charge is 0.306 e. The third-order valence-corrected chi connectivity index (χ3v) is 4.60. The van der Waals surface area contributed by atoms with Gasteiger partial charge in [-0.15, -0.1) is 0 Å². The Balaban J connectivity index is 2.20. The number of hydrogen-bond donors (Lipinski definition) is 2. The molecule has 6 nitrogen and oxygen atoms in total. The SMILES string of the molecule is CCCCC(CCCCCCOc1ccccc1OCCCC(=O)O)C(=O)O. The van der Waals surface area contributed by atoms with E-state index in [0.717, 1.165) is 51.4 Å². The van der Waals surface area contributed by atoms with Crippen LogP contribution in [0.1, 0.15) is 71.1 Å². The van der Waals surface area contributed by atoms with E-state index in [1.54, 1.807) is 0 Å². The number of carboxylic acid groups (broad SMARTS) is 2. The average molecular weight is 395 g/mol. The summed E-state index contributed by atoms with van der Waals surface area (Å²) in [5.74, 6) is -0.400. The first-order valence-electron chi connectivity index (χ1n) is 10.3. The van der Waals surface area contributed by atoms with E-state index >= 15 is 0 Å². The van der Waals surface area contributed by atoms with Crippen molar-refractivity contribution in [2.45, 2.75) is 71.1 Å². The molecule has 0 radical (unpaired) electrons. The molecule has 0 aromatic heterocycles. The molecule has 0 spiro atoms. The second-order valence-electron chi connectivity index (χ2n) is 7.02. The number of para-hydroxylation sites is 2. The number of rotatable bonds is 17. The first-order valence-corrected chi connectivity index (χ1v) is 10.3. The van der Waals surface area contributed by atoms with Gasteiger partial charge in [0.2, 0.25) is 0 Å². The molecule has 0 bridgehead atoms. The van der Waals surface area contributed by atoms with Gasteiger partial charge in [0.25, 0.3) is 0 Å². The minimum atomic E-state index is -0.826. The molecule has 158 valence electrons. The summed E-state index contributed by atoms with van der Waals surface area (Å²) in [6, 6.07) is 7.40. The molecule has 2 N–H and O–H groups in total. The summed E-state index contributed by atoms with van der Waals surface area (Å²) in [4.78, 5) is 21.8. The topological polar surface area (TPSA) is 93.1 Å². The molecule has 1 unspecified atom stereocenters. The van der Waals surface area contributed by atoms with Crippen LogP contribution in [-0.4, -0.2) is 35.4 Å². The molecule has 0 heterocycles. The first-order chi connectivity index (χ1) is 13.5. The van der Waals surface area contributed by atoms with E-state index in [1.807, 2.05) is 24.3 Å². The van der Waals surface area contributed by atoms with Gasteiger partial charge in [0.15, 0.2) is 11.5 Å². The molecule has 0 aliphatic rings. The van der Waals surface area contributed by atoms with E-state index in [-0.39, 0.29) is 12.3 Å². The van der Waals surface area contributed by atoms with Crippen LogP contribution < -0.4 is 9.47 Å². The molecule has 0 aliphatic carbocycles. The molecule has 1 atom stereocenters. The second kappa shape index (κ2) is 14.8. The highest BCUT2D eigenvalue weighted by Crippen LogP contribution is 2.27. The fourth-order valence-corrected chi connectivity index (χ4v) is 2.96. The quantitative estimate of drug-likeness (QED) is 0.355. The predicted molar refractivity (Wildman–Crippen MR) is 108 cm³/mol. The number of unbranched alkanes of at least 4 members (excludes halogenated alkanes) is 4. The van der Waals surface area contributed by atoms with Gasteiger partial charge in [0, 0.05) is 6.42 Å². The van der Waals surface area contributed by atoms with Gasteiger partial charge < -0.3 is 19.7 Å². The second-order valence-corrected chi connectivity index (χ2v) is 7.02. The Bertz CT molecular complexity index is 572. The normalized spacial score (nSPS) is 11.8. The summed E-state index contributed by atoms with van der Waals surface area (Å²) in [7, 11) is 0. The number of aliphatic carboxylic acids is 2. The first kappa shape index (κ1) is 23.8. The highest BCUT2D eigenvalue weighted by molar-refractivity contribution is 5.69. The lowest BCUT2D eigenvalue weighted by molar-refractivity contribution is -0.142. The summed E-state index contributed by atoms with van der Waals surface area (Å²) >= 11 is 0. The van der Waals surface area contributed by atoms with Crippen molar-refractivity contribution in [3.05, 3.63) is 24.3 Å². The molecule has 0 aliphatic heterocycles. The van der Waals surface area contributed by atoms with Crippen LogP contribution in [0.4, 0.5) is 0 Å². The lowest BCUT2D eigenvalue weighted by Crippen LogP contribution is -2.13. The predicted octanol–water partition coefficient (Wildman–Crippen LogP) is 5.15. The van der Waals surface area contributed by atoms with Crippen LogP contribution in [0, 0.1) is 5.92 Å². The monoisotopic (exact) mass is 394 g/mol. The Morgan fingerprint density at radius 1 is 0.857 bits per heavy atom.